The molecule has 0 aromatic carbocycles. The fourth-order valence-electron chi connectivity index (χ4n) is 2.65. The summed E-state index contributed by atoms with van der Waals surface area (Å²) >= 11 is 0. The van der Waals surface area contributed by atoms with Crippen molar-refractivity contribution < 1.29 is 13.2 Å². The van der Waals surface area contributed by atoms with Crippen molar-refractivity contribution in [3.8, 4) is 6.07 Å². The molecule has 0 amide bonds. The molecule has 0 saturated carbocycles. The van der Waals surface area contributed by atoms with E-state index < -0.39 is 10.0 Å². The van der Waals surface area contributed by atoms with Crippen LogP contribution in [0.15, 0.2) is 4.90 Å². The number of aryl methyl sites for hydroxylation is 2. The molecule has 0 radical (unpaired) electrons. The smallest absolute Gasteiger partial charge is 0.246 e. The fourth-order valence-corrected chi connectivity index (χ4v) is 4.43. The number of aromatic nitrogens is 2. The average Bonchev–Trinajstić information content (AvgIpc) is 2.79. The van der Waals surface area contributed by atoms with Crippen LogP contribution in [-0.2, 0) is 21.3 Å². The van der Waals surface area contributed by atoms with E-state index in [2.05, 4.69) is 11.2 Å². The zero-order chi connectivity index (χ0) is 16.2. The van der Waals surface area contributed by atoms with Crippen molar-refractivity contribution in [2.75, 3.05) is 26.3 Å². The molecule has 0 unspecified atom stereocenters. The Hall–Kier alpha value is -1.43. The molecule has 0 aliphatic carbocycles. The number of hydrogen-bond donors (Lipinski definition) is 0. The highest BCUT2D eigenvalue weighted by Crippen LogP contribution is 2.24. The van der Waals surface area contributed by atoms with Gasteiger partial charge in [0, 0.05) is 26.1 Å². The lowest BCUT2D eigenvalue weighted by Gasteiger charge is -2.26. The molecule has 1 saturated heterocycles. The molecule has 0 bridgehead atoms. The second kappa shape index (κ2) is 7.22. The zero-order valence-electron chi connectivity index (χ0n) is 13.1. The molecule has 122 valence electrons. The SMILES string of the molecule is Cc1nn(CCCCC#N)c(C)c1S(=O)(=O)N1CCOCC1. The Morgan fingerprint density at radius 3 is 2.59 bits per heavy atom. The molecular formula is C14H22N4O3S. The highest BCUT2D eigenvalue weighted by Gasteiger charge is 2.31. The van der Waals surface area contributed by atoms with Crippen molar-refractivity contribution >= 4 is 10.0 Å². The van der Waals surface area contributed by atoms with Gasteiger partial charge >= 0.3 is 0 Å². The van der Waals surface area contributed by atoms with Crippen molar-refractivity contribution in [1.29, 1.82) is 5.26 Å². The van der Waals surface area contributed by atoms with Gasteiger partial charge in [-0.05, 0) is 26.7 Å². The Kier molecular flexibility index (Phi) is 5.56. The van der Waals surface area contributed by atoms with Crippen molar-refractivity contribution in [2.45, 2.75) is 44.6 Å². The average molecular weight is 326 g/mol. The summed E-state index contributed by atoms with van der Waals surface area (Å²) in [5.74, 6) is 0. The second-order valence-corrected chi connectivity index (χ2v) is 7.23. The summed E-state index contributed by atoms with van der Waals surface area (Å²) in [4.78, 5) is 0.315. The third-order valence-corrected chi connectivity index (χ3v) is 5.94. The summed E-state index contributed by atoms with van der Waals surface area (Å²) in [5.41, 5.74) is 1.20. The summed E-state index contributed by atoms with van der Waals surface area (Å²) in [7, 11) is -3.52. The summed E-state index contributed by atoms with van der Waals surface area (Å²) in [6.07, 6.45) is 2.12. The van der Waals surface area contributed by atoms with E-state index in [1.807, 2.05) is 0 Å². The minimum Gasteiger partial charge on any atom is -0.379 e. The normalized spacial score (nSPS) is 16.6. The summed E-state index contributed by atoms with van der Waals surface area (Å²) in [5, 5.41) is 12.9. The predicted molar refractivity (Wildman–Crippen MR) is 80.7 cm³/mol. The lowest BCUT2D eigenvalue weighted by atomic mass is 10.2. The van der Waals surface area contributed by atoms with Crippen LogP contribution >= 0.6 is 0 Å². The van der Waals surface area contributed by atoms with Crippen LogP contribution in [0, 0.1) is 25.2 Å². The number of nitrogens with zero attached hydrogens (tertiary/aromatic N) is 4. The number of morpholine rings is 1. The maximum atomic E-state index is 12.8. The maximum absolute atomic E-state index is 12.8. The quantitative estimate of drug-likeness (QED) is 0.733. The van der Waals surface area contributed by atoms with Gasteiger partial charge in [-0.25, -0.2) is 8.42 Å². The molecule has 22 heavy (non-hydrogen) atoms. The first kappa shape index (κ1) is 16.9. The van der Waals surface area contributed by atoms with E-state index in [1.165, 1.54) is 4.31 Å². The lowest BCUT2D eigenvalue weighted by Crippen LogP contribution is -2.41. The lowest BCUT2D eigenvalue weighted by molar-refractivity contribution is 0.0730. The number of sulfonamides is 1. The first-order valence-electron chi connectivity index (χ1n) is 7.47. The van der Waals surface area contributed by atoms with E-state index in [0.717, 1.165) is 12.8 Å². The molecule has 1 aliphatic heterocycles. The monoisotopic (exact) mass is 326 g/mol. The first-order valence-corrected chi connectivity index (χ1v) is 8.91. The van der Waals surface area contributed by atoms with Gasteiger partial charge in [0.15, 0.2) is 0 Å². The minimum atomic E-state index is -3.52. The molecule has 1 fully saturated rings. The molecule has 0 spiro atoms. The van der Waals surface area contributed by atoms with Crippen LogP contribution in [0.4, 0.5) is 0 Å². The van der Waals surface area contributed by atoms with E-state index in [0.29, 0.717) is 55.6 Å². The largest absolute Gasteiger partial charge is 0.379 e. The Morgan fingerprint density at radius 1 is 1.27 bits per heavy atom. The van der Waals surface area contributed by atoms with Crippen LogP contribution in [0.3, 0.4) is 0 Å². The van der Waals surface area contributed by atoms with Gasteiger partial charge in [-0.15, -0.1) is 0 Å². The minimum absolute atomic E-state index is 0.315. The molecule has 2 rings (SSSR count). The number of ether oxygens (including phenoxy) is 1. The first-order chi connectivity index (χ1) is 10.5. The summed E-state index contributed by atoms with van der Waals surface area (Å²) in [6.45, 7) is 5.78. The van der Waals surface area contributed by atoms with Gasteiger partial charge in [-0.3, -0.25) is 4.68 Å². The molecule has 2 heterocycles. The number of unbranched alkanes of at least 4 members (excludes halogenated alkanes) is 2. The Morgan fingerprint density at radius 2 is 1.95 bits per heavy atom. The predicted octanol–water partition coefficient (Wildman–Crippen LogP) is 1.21. The van der Waals surface area contributed by atoms with Gasteiger partial charge in [0.1, 0.15) is 4.90 Å². The molecule has 7 nitrogen and oxygen atoms in total. The van der Waals surface area contributed by atoms with Crippen molar-refractivity contribution in [2.24, 2.45) is 0 Å². The van der Waals surface area contributed by atoms with E-state index in [-0.39, 0.29) is 0 Å². The molecule has 8 heteroatoms. The molecule has 1 aromatic rings. The maximum Gasteiger partial charge on any atom is 0.246 e. The number of nitriles is 1. The fraction of sp³-hybridized carbons (Fsp3) is 0.714. The van der Waals surface area contributed by atoms with Crippen LogP contribution in [0.25, 0.3) is 0 Å². The number of rotatable bonds is 6. The van der Waals surface area contributed by atoms with E-state index in [4.69, 9.17) is 10.00 Å². The van der Waals surface area contributed by atoms with Crippen molar-refractivity contribution in [3.63, 3.8) is 0 Å². The van der Waals surface area contributed by atoms with Crippen molar-refractivity contribution in [3.05, 3.63) is 11.4 Å². The van der Waals surface area contributed by atoms with Gasteiger partial charge in [-0.2, -0.15) is 14.7 Å². The van der Waals surface area contributed by atoms with Crippen molar-refractivity contribution in [1.82, 2.24) is 14.1 Å². The van der Waals surface area contributed by atoms with Gasteiger partial charge in [-0.1, -0.05) is 0 Å². The van der Waals surface area contributed by atoms with Crippen LogP contribution < -0.4 is 0 Å². The molecule has 1 aliphatic rings. The van der Waals surface area contributed by atoms with Crippen LogP contribution in [0.1, 0.15) is 30.7 Å². The highest BCUT2D eigenvalue weighted by atomic mass is 32.2. The summed E-state index contributed by atoms with van der Waals surface area (Å²) in [6, 6.07) is 2.11. The van der Waals surface area contributed by atoms with Gasteiger partial charge in [0.2, 0.25) is 10.0 Å². The van der Waals surface area contributed by atoms with Gasteiger partial charge in [0.05, 0.1) is 30.7 Å². The third-order valence-electron chi connectivity index (χ3n) is 3.79. The highest BCUT2D eigenvalue weighted by molar-refractivity contribution is 7.89. The van der Waals surface area contributed by atoms with Gasteiger partial charge in [0.25, 0.3) is 0 Å². The van der Waals surface area contributed by atoms with Gasteiger partial charge < -0.3 is 4.74 Å². The zero-order valence-corrected chi connectivity index (χ0v) is 13.9. The molecule has 0 N–H and O–H groups in total. The van der Waals surface area contributed by atoms with E-state index in [1.54, 1.807) is 18.5 Å². The molecule has 0 atom stereocenters. The second-order valence-electron chi connectivity index (χ2n) is 5.35. The third kappa shape index (κ3) is 3.48. The van der Waals surface area contributed by atoms with E-state index >= 15 is 0 Å². The standard InChI is InChI=1S/C14H22N4O3S/c1-12-14(22(19,20)17-8-10-21-11-9-17)13(2)18(16-12)7-5-3-4-6-15/h3-5,7-11H2,1-2H3. The van der Waals surface area contributed by atoms with E-state index in [9.17, 15) is 8.42 Å². The topological polar surface area (TPSA) is 88.2 Å². The van der Waals surface area contributed by atoms with Crippen LogP contribution in [0.5, 0.6) is 0 Å². The molecular weight excluding hydrogens is 304 g/mol. The van der Waals surface area contributed by atoms with Crippen LogP contribution in [-0.4, -0.2) is 48.8 Å². The Labute approximate surface area is 131 Å². The molecule has 1 aromatic heterocycles. The summed E-state index contributed by atoms with van der Waals surface area (Å²) < 4.78 is 34.0. The Balaban J connectivity index is 2.20. The Bertz CT molecular complexity index is 654. The van der Waals surface area contributed by atoms with Crippen LogP contribution in [0.2, 0.25) is 0 Å². The number of hydrogen-bond acceptors (Lipinski definition) is 5.